The maximum absolute atomic E-state index is 8.58. The molecule has 4 heteroatoms. The van der Waals surface area contributed by atoms with Gasteiger partial charge in [-0.1, -0.05) is 13.8 Å². The van der Waals surface area contributed by atoms with Crippen LogP contribution in [0.2, 0.25) is 0 Å². The summed E-state index contributed by atoms with van der Waals surface area (Å²) in [6.45, 7) is 3.96. The molecule has 0 aliphatic heterocycles. The molecule has 0 radical (unpaired) electrons. The van der Waals surface area contributed by atoms with E-state index in [0.717, 1.165) is 24.0 Å². The van der Waals surface area contributed by atoms with Gasteiger partial charge in [0.05, 0.1) is 11.4 Å². The molecule has 1 aliphatic rings. The van der Waals surface area contributed by atoms with Crippen molar-refractivity contribution in [1.82, 2.24) is 0 Å². The normalized spacial score (nSPS) is 20.0. The molecule has 0 N–H and O–H groups in total. The van der Waals surface area contributed by atoms with Crippen LogP contribution >= 0.6 is 0 Å². The minimum absolute atomic E-state index is 0.679. The molecule has 0 spiro atoms. The van der Waals surface area contributed by atoms with E-state index in [2.05, 4.69) is 9.98 Å². The average molecular weight is 212 g/mol. The largest absolute Gasteiger partial charge is 0.206 e. The fourth-order valence-electron chi connectivity index (χ4n) is 1.55. The Balaban J connectivity index is 3.25. The Morgan fingerprint density at radius 3 is 1.56 bits per heavy atom. The molecule has 0 fully saturated rings. The zero-order chi connectivity index (χ0) is 12.0. The fraction of sp³-hybridized carbons (Fsp3) is 0.333. The monoisotopic (exact) mass is 212 g/mol. The minimum atomic E-state index is 0.679. The van der Waals surface area contributed by atoms with Gasteiger partial charge in [0.15, 0.2) is 0 Å². The van der Waals surface area contributed by atoms with Crippen LogP contribution in [0.1, 0.15) is 26.7 Å². The maximum atomic E-state index is 8.58. The number of nitriles is 2. The van der Waals surface area contributed by atoms with Gasteiger partial charge in [-0.15, -0.1) is 0 Å². The third-order valence-electron chi connectivity index (χ3n) is 2.38. The van der Waals surface area contributed by atoms with Crippen LogP contribution in [0.3, 0.4) is 0 Å². The van der Waals surface area contributed by atoms with Gasteiger partial charge in [-0.3, -0.25) is 0 Å². The Hall–Kier alpha value is -2.20. The van der Waals surface area contributed by atoms with E-state index in [-0.39, 0.29) is 0 Å². The Kier molecular flexibility index (Phi) is 4.17. The van der Waals surface area contributed by atoms with Crippen LogP contribution in [0.5, 0.6) is 0 Å². The van der Waals surface area contributed by atoms with Crippen molar-refractivity contribution in [2.45, 2.75) is 26.7 Å². The highest BCUT2D eigenvalue weighted by molar-refractivity contribution is 6.24. The van der Waals surface area contributed by atoms with Crippen LogP contribution < -0.4 is 0 Å². The van der Waals surface area contributed by atoms with Crippen LogP contribution in [0.25, 0.3) is 0 Å². The first kappa shape index (κ1) is 11.9. The summed E-state index contributed by atoms with van der Waals surface area (Å²) in [6, 6.07) is 0. The van der Waals surface area contributed by atoms with Crippen LogP contribution in [-0.2, 0) is 0 Å². The van der Waals surface area contributed by atoms with Crippen LogP contribution in [0, 0.1) is 22.9 Å². The van der Waals surface area contributed by atoms with Crippen LogP contribution in [0.4, 0.5) is 0 Å². The molecule has 0 heterocycles. The van der Waals surface area contributed by atoms with Crippen LogP contribution in [-0.4, -0.2) is 11.4 Å². The van der Waals surface area contributed by atoms with Gasteiger partial charge in [0.25, 0.3) is 0 Å². The van der Waals surface area contributed by atoms with Crippen molar-refractivity contribution in [2.75, 3.05) is 0 Å². The molecule has 16 heavy (non-hydrogen) atoms. The number of hydrogen-bond donors (Lipinski definition) is 0. The Morgan fingerprint density at radius 1 is 0.938 bits per heavy atom. The van der Waals surface area contributed by atoms with Gasteiger partial charge in [-0.05, 0) is 36.1 Å². The number of hydrogen-bond acceptors (Lipinski definition) is 4. The Labute approximate surface area is 94.9 Å². The van der Waals surface area contributed by atoms with E-state index in [1.165, 1.54) is 0 Å². The first-order valence-electron chi connectivity index (χ1n) is 5.12. The topological polar surface area (TPSA) is 72.3 Å². The van der Waals surface area contributed by atoms with Crippen molar-refractivity contribution in [2.24, 2.45) is 9.98 Å². The first-order chi connectivity index (χ1) is 7.76. The Bertz CT molecular complexity index is 432. The molecule has 4 nitrogen and oxygen atoms in total. The van der Waals surface area contributed by atoms with Crippen molar-refractivity contribution in [3.8, 4) is 12.4 Å². The maximum Gasteiger partial charge on any atom is 0.206 e. The predicted molar refractivity (Wildman–Crippen MR) is 62.8 cm³/mol. The summed E-state index contributed by atoms with van der Waals surface area (Å²) in [6.07, 6.45) is 8.77. The van der Waals surface area contributed by atoms with Crippen molar-refractivity contribution < 1.29 is 0 Å². The molecule has 0 amide bonds. The Morgan fingerprint density at radius 2 is 1.31 bits per heavy atom. The third-order valence-corrected chi connectivity index (χ3v) is 2.38. The minimum Gasteiger partial charge on any atom is -0.173 e. The fourth-order valence-corrected chi connectivity index (χ4v) is 1.55. The number of nitrogens with zero attached hydrogens (tertiary/aromatic N) is 4. The second kappa shape index (κ2) is 5.63. The quantitative estimate of drug-likeness (QED) is 0.521. The van der Waals surface area contributed by atoms with Gasteiger partial charge in [-0.2, -0.15) is 20.5 Å². The number of allylic oxidation sites excluding steroid dienone is 4. The van der Waals surface area contributed by atoms with E-state index in [1.54, 1.807) is 12.4 Å². The molecule has 0 saturated carbocycles. The third kappa shape index (κ3) is 2.43. The lowest BCUT2D eigenvalue weighted by Gasteiger charge is -2.14. The molecule has 0 atom stereocenters. The summed E-state index contributed by atoms with van der Waals surface area (Å²) < 4.78 is 0. The SMILES string of the molecule is CCC1=CC(=NC#N)C(CC)=CC1=NC#N. The molecular weight excluding hydrogens is 200 g/mol. The average Bonchev–Trinajstić information content (AvgIpc) is 2.31. The molecule has 0 aromatic heterocycles. The molecule has 0 aromatic carbocycles. The second-order valence-corrected chi connectivity index (χ2v) is 3.24. The van der Waals surface area contributed by atoms with E-state index >= 15 is 0 Å². The molecule has 1 rings (SSSR count). The van der Waals surface area contributed by atoms with E-state index in [4.69, 9.17) is 10.5 Å². The lowest BCUT2D eigenvalue weighted by molar-refractivity contribution is 1.14. The molecule has 80 valence electrons. The van der Waals surface area contributed by atoms with Gasteiger partial charge in [0.1, 0.15) is 0 Å². The molecular formula is C12H12N4. The number of rotatable bonds is 2. The lowest BCUT2D eigenvalue weighted by Crippen LogP contribution is -2.12. The zero-order valence-corrected chi connectivity index (χ0v) is 9.36. The number of aliphatic imine (C=N–C) groups is 2. The summed E-state index contributed by atoms with van der Waals surface area (Å²) in [7, 11) is 0. The summed E-state index contributed by atoms with van der Waals surface area (Å²) in [4.78, 5) is 7.54. The van der Waals surface area contributed by atoms with Crippen molar-refractivity contribution >= 4 is 11.4 Å². The summed E-state index contributed by atoms with van der Waals surface area (Å²) in [5.41, 5.74) is 3.23. The highest BCUT2D eigenvalue weighted by atomic mass is 14.8. The molecule has 0 saturated heterocycles. The van der Waals surface area contributed by atoms with E-state index < -0.39 is 0 Å². The molecule has 0 bridgehead atoms. The molecule has 0 unspecified atom stereocenters. The highest BCUT2D eigenvalue weighted by Gasteiger charge is 2.15. The standard InChI is InChI=1S/C12H12N4/c1-3-9-5-12(16-8-14)10(4-2)6-11(9)15-7-13/h5-6H,3-4H2,1-2H3. The van der Waals surface area contributed by atoms with Crippen molar-refractivity contribution in [3.05, 3.63) is 23.3 Å². The highest BCUT2D eigenvalue weighted by Crippen LogP contribution is 2.18. The van der Waals surface area contributed by atoms with Gasteiger partial charge in [-0.25, -0.2) is 0 Å². The zero-order valence-electron chi connectivity index (χ0n) is 9.36. The van der Waals surface area contributed by atoms with Crippen molar-refractivity contribution in [1.29, 1.82) is 10.5 Å². The summed E-state index contributed by atoms with van der Waals surface area (Å²) >= 11 is 0. The van der Waals surface area contributed by atoms with E-state index in [1.807, 2.05) is 26.0 Å². The second-order valence-electron chi connectivity index (χ2n) is 3.24. The lowest BCUT2D eigenvalue weighted by atomic mass is 9.93. The molecule has 1 aliphatic carbocycles. The molecule has 0 aromatic rings. The smallest absolute Gasteiger partial charge is 0.173 e. The van der Waals surface area contributed by atoms with Crippen molar-refractivity contribution in [3.63, 3.8) is 0 Å². The first-order valence-corrected chi connectivity index (χ1v) is 5.12. The summed E-state index contributed by atoms with van der Waals surface area (Å²) in [5.74, 6) is 0. The van der Waals surface area contributed by atoms with E-state index in [0.29, 0.717) is 11.4 Å². The van der Waals surface area contributed by atoms with Gasteiger partial charge >= 0.3 is 0 Å². The van der Waals surface area contributed by atoms with Crippen LogP contribution in [0.15, 0.2) is 33.3 Å². The summed E-state index contributed by atoms with van der Waals surface area (Å²) in [5, 5.41) is 17.2. The van der Waals surface area contributed by atoms with Gasteiger partial charge < -0.3 is 0 Å². The predicted octanol–water partition coefficient (Wildman–Crippen LogP) is 2.52. The van der Waals surface area contributed by atoms with Gasteiger partial charge in [0.2, 0.25) is 12.4 Å². The van der Waals surface area contributed by atoms with E-state index in [9.17, 15) is 0 Å². The van der Waals surface area contributed by atoms with Gasteiger partial charge in [0, 0.05) is 0 Å².